The second-order valence-electron chi connectivity index (χ2n) is 10.3. The summed E-state index contributed by atoms with van der Waals surface area (Å²) in [7, 11) is 1.50. The first kappa shape index (κ1) is 30.5. The molecule has 1 aliphatic carbocycles. The van der Waals surface area contributed by atoms with Gasteiger partial charge in [-0.15, -0.1) is 0 Å². The number of hydrogen-bond acceptors (Lipinski definition) is 8. The number of ether oxygens (including phenoxy) is 3. The van der Waals surface area contributed by atoms with Crippen LogP contribution in [0.4, 0.5) is 14.5 Å². The number of benzene rings is 3. The van der Waals surface area contributed by atoms with Crippen LogP contribution in [0.2, 0.25) is 0 Å². The number of carbonyl (C=O) groups is 3. The molecule has 10 heteroatoms. The van der Waals surface area contributed by atoms with Gasteiger partial charge >= 0.3 is 11.9 Å². The molecule has 3 atom stereocenters. The highest BCUT2D eigenvalue weighted by atomic mass is 19.1. The van der Waals surface area contributed by atoms with E-state index in [2.05, 4.69) is 0 Å². The Kier molecular flexibility index (Phi) is 8.80. The molecule has 1 aliphatic heterocycles. The third-order valence-corrected chi connectivity index (χ3v) is 7.91. The van der Waals surface area contributed by atoms with Gasteiger partial charge in [0.15, 0.2) is 5.78 Å². The molecule has 0 radical (unpaired) electrons. The van der Waals surface area contributed by atoms with Crippen molar-refractivity contribution in [2.24, 2.45) is 11.7 Å². The predicted molar refractivity (Wildman–Crippen MR) is 158 cm³/mol. The number of hydrogen-bond donors (Lipinski definition) is 1. The van der Waals surface area contributed by atoms with Crippen molar-refractivity contribution in [3.63, 3.8) is 0 Å². The lowest BCUT2D eigenvalue weighted by Crippen LogP contribution is -2.47. The van der Waals surface area contributed by atoms with Crippen LogP contribution >= 0.6 is 0 Å². The largest absolute Gasteiger partial charge is 0.497 e. The number of methoxy groups -OCH3 is 1. The van der Waals surface area contributed by atoms with Crippen LogP contribution in [0.1, 0.15) is 43.2 Å². The number of ketones is 1. The molecule has 1 heterocycles. The van der Waals surface area contributed by atoms with Crippen LogP contribution in [-0.2, 0) is 23.9 Å². The summed E-state index contributed by atoms with van der Waals surface area (Å²) in [5, 5.41) is 0. The van der Waals surface area contributed by atoms with E-state index < -0.39 is 47.1 Å². The highest BCUT2D eigenvalue weighted by Gasteiger charge is 2.52. The number of carbonyl (C=O) groups excluding carboxylic acids is 3. The first-order valence-electron chi connectivity index (χ1n) is 14.3. The highest BCUT2D eigenvalue weighted by Crippen LogP contribution is 2.52. The van der Waals surface area contributed by atoms with Crippen LogP contribution in [0.5, 0.6) is 5.75 Å². The van der Waals surface area contributed by atoms with E-state index in [1.807, 2.05) is 0 Å². The van der Waals surface area contributed by atoms with Crippen molar-refractivity contribution in [3.8, 4) is 5.75 Å². The SMILES string of the molecule is CCOC(=O)C1=C(N)N(c2ccccc2F)C2=C(C(=O)[C@H](C(=O)OCC)[C@H](c3cccc(OC)c3)C2)[C@@H]1c1ccccc1F. The van der Waals surface area contributed by atoms with Gasteiger partial charge in [-0.1, -0.05) is 42.5 Å². The van der Waals surface area contributed by atoms with Gasteiger partial charge in [0, 0.05) is 22.8 Å². The quantitative estimate of drug-likeness (QED) is 0.266. The van der Waals surface area contributed by atoms with E-state index in [1.54, 1.807) is 50.2 Å². The molecule has 0 fully saturated rings. The van der Waals surface area contributed by atoms with E-state index in [4.69, 9.17) is 19.9 Å². The number of rotatable bonds is 8. The van der Waals surface area contributed by atoms with E-state index >= 15 is 8.78 Å². The molecule has 0 aromatic heterocycles. The summed E-state index contributed by atoms with van der Waals surface area (Å²) in [5.41, 5.74) is 7.19. The van der Waals surface area contributed by atoms with Crippen molar-refractivity contribution in [2.45, 2.75) is 32.1 Å². The normalized spacial score (nSPS) is 19.9. The van der Waals surface area contributed by atoms with Gasteiger partial charge in [-0.05, 0) is 56.2 Å². The second-order valence-corrected chi connectivity index (χ2v) is 10.3. The van der Waals surface area contributed by atoms with Crippen LogP contribution in [-0.4, -0.2) is 38.0 Å². The Morgan fingerprint density at radius 1 is 0.932 bits per heavy atom. The van der Waals surface area contributed by atoms with Crippen LogP contribution in [0.25, 0.3) is 0 Å². The van der Waals surface area contributed by atoms with Gasteiger partial charge in [0.05, 0.1) is 37.5 Å². The zero-order valence-electron chi connectivity index (χ0n) is 24.5. The molecule has 228 valence electrons. The van der Waals surface area contributed by atoms with Crippen molar-refractivity contribution in [3.05, 3.63) is 118 Å². The smallest absolute Gasteiger partial charge is 0.338 e. The third-order valence-electron chi connectivity index (χ3n) is 7.91. The van der Waals surface area contributed by atoms with Crippen LogP contribution in [0.15, 0.2) is 95.5 Å². The fraction of sp³-hybridized carbons (Fsp3) is 0.265. The van der Waals surface area contributed by atoms with E-state index in [0.717, 1.165) is 0 Å². The first-order valence-corrected chi connectivity index (χ1v) is 14.3. The number of Topliss-reactive ketones (excluding diaryl/α,β-unsaturated/α-hetero) is 1. The fourth-order valence-corrected chi connectivity index (χ4v) is 6.05. The molecule has 8 nitrogen and oxygen atoms in total. The monoisotopic (exact) mass is 602 g/mol. The first-order chi connectivity index (χ1) is 21.2. The van der Waals surface area contributed by atoms with Gasteiger partial charge in [-0.25, -0.2) is 13.6 Å². The van der Waals surface area contributed by atoms with E-state index in [9.17, 15) is 14.4 Å². The maximum atomic E-state index is 15.6. The average molecular weight is 603 g/mol. The summed E-state index contributed by atoms with van der Waals surface area (Å²) in [5.74, 6) is -6.95. The number of nitrogens with two attached hydrogens (primary N) is 1. The Balaban J connectivity index is 1.85. The number of esters is 2. The van der Waals surface area contributed by atoms with Crippen LogP contribution in [0.3, 0.4) is 0 Å². The molecule has 0 unspecified atom stereocenters. The van der Waals surface area contributed by atoms with Gasteiger partial charge < -0.3 is 19.9 Å². The van der Waals surface area contributed by atoms with Crippen molar-refractivity contribution in [1.82, 2.24) is 0 Å². The number of nitrogens with zero attached hydrogens (tertiary/aromatic N) is 1. The lowest BCUT2D eigenvalue weighted by Gasteiger charge is -2.44. The lowest BCUT2D eigenvalue weighted by molar-refractivity contribution is -0.152. The Morgan fingerprint density at radius 2 is 1.61 bits per heavy atom. The number of allylic oxidation sites excluding steroid dienone is 2. The molecule has 3 aromatic rings. The molecule has 0 spiro atoms. The van der Waals surface area contributed by atoms with Gasteiger partial charge in [0.2, 0.25) is 0 Å². The summed E-state index contributed by atoms with van der Waals surface area (Å²) in [4.78, 5) is 43.2. The minimum absolute atomic E-state index is 0.00614. The highest BCUT2D eigenvalue weighted by molar-refractivity contribution is 6.14. The molecule has 0 bridgehead atoms. The zero-order valence-corrected chi connectivity index (χ0v) is 24.5. The molecule has 2 N–H and O–H groups in total. The Hall–Kier alpha value is -4.99. The van der Waals surface area contributed by atoms with E-state index in [1.165, 1.54) is 48.4 Å². The Bertz CT molecular complexity index is 1680. The topological polar surface area (TPSA) is 108 Å². The van der Waals surface area contributed by atoms with Crippen molar-refractivity contribution in [1.29, 1.82) is 0 Å². The third kappa shape index (κ3) is 5.32. The minimum Gasteiger partial charge on any atom is -0.497 e. The van der Waals surface area contributed by atoms with Gasteiger partial charge in [-0.3, -0.25) is 14.5 Å². The minimum atomic E-state index is -1.36. The molecule has 2 aliphatic rings. The summed E-state index contributed by atoms with van der Waals surface area (Å²) < 4.78 is 47.2. The molecular weight excluding hydrogens is 570 g/mol. The van der Waals surface area contributed by atoms with Gasteiger partial charge in [0.1, 0.15) is 29.1 Å². The van der Waals surface area contributed by atoms with E-state index in [-0.39, 0.29) is 53.5 Å². The standard InChI is InChI=1S/C34H32F2N2O6/c1-4-43-33(40)28-22(19-11-10-12-20(17-19)42-3)18-26-29(31(28)39)27(21-13-6-7-14-23(21)35)30(34(41)44-5-2)32(37)38(26)25-16-9-8-15-24(25)36/h6-17,22,27-28H,4-5,18,37H2,1-3H3/t22-,27-,28+/m0/s1. The molecule has 0 saturated carbocycles. The molecule has 3 aromatic carbocycles. The number of anilines is 1. The molecule has 0 saturated heterocycles. The Labute approximate surface area is 253 Å². The number of halogens is 2. The Morgan fingerprint density at radius 3 is 2.27 bits per heavy atom. The van der Waals surface area contributed by atoms with Gasteiger partial charge in [0.25, 0.3) is 0 Å². The lowest BCUT2D eigenvalue weighted by atomic mass is 9.66. The summed E-state index contributed by atoms with van der Waals surface area (Å²) in [6.45, 7) is 3.19. The maximum absolute atomic E-state index is 15.6. The fourth-order valence-electron chi connectivity index (χ4n) is 6.05. The van der Waals surface area contributed by atoms with Crippen LogP contribution in [0, 0.1) is 17.6 Å². The predicted octanol–water partition coefficient (Wildman–Crippen LogP) is 5.50. The summed E-state index contributed by atoms with van der Waals surface area (Å²) >= 11 is 0. The summed E-state index contributed by atoms with van der Waals surface area (Å²) in [6.07, 6.45) is -0.00614. The van der Waals surface area contributed by atoms with Crippen molar-refractivity contribution < 1.29 is 37.4 Å². The van der Waals surface area contributed by atoms with Crippen molar-refractivity contribution >= 4 is 23.4 Å². The number of para-hydroxylation sites is 1. The zero-order chi connectivity index (χ0) is 31.5. The summed E-state index contributed by atoms with van der Waals surface area (Å²) in [6, 6.07) is 18.4. The maximum Gasteiger partial charge on any atom is 0.338 e. The average Bonchev–Trinajstić information content (AvgIpc) is 3.01. The van der Waals surface area contributed by atoms with Gasteiger partial charge in [-0.2, -0.15) is 0 Å². The van der Waals surface area contributed by atoms with Crippen LogP contribution < -0.4 is 15.4 Å². The van der Waals surface area contributed by atoms with E-state index in [0.29, 0.717) is 11.3 Å². The second kappa shape index (κ2) is 12.7. The molecule has 0 amide bonds. The molecule has 5 rings (SSSR count). The van der Waals surface area contributed by atoms with Crippen molar-refractivity contribution in [2.75, 3.05) is 25.2 Å². The molecule has 44 heavy (non-hydrogen) atoms. The molecular formula is C34H32F2N2O6.